The molecule has 6 nitrogen and oxygen atoms in total. The molecule has 4 rings (SSSR count). The van der Waals surface area contributed by atoms with Crippen molar-refractivity contribution in [3.63, 3.8) is 0 Å². The van der Waals surface area contributed by atoms with Crippen molar-refractivity contribution >= 4 is 11.8 Å². The Morgan fingerprint density at radius 2 is 1.66 bits per heavy atom. The van der Waals surface area contributed by atoms with Crippen molar-refractivity contribution in [2.45, 2.75) is 44.9 Å². The zero-order chi connectivity index (χ0) is 20.1. The molecule has 1 saturated heterocycles. The molecule has 29 heavy (non-hydrogen) atoms. The second-order valence-electron chi connectivity index (χ2n) is 8.24. The van der Waals surface area contributed by atoms with Gasteiger partial charge >= 0.3 is 0 Å². The van der Waals surface area contributed by atoms with E-state index in [0.29, 0.717) is 38.2 Å². The smallest absolute Gasteiger partial charge is 0.257 e. The van der Waals surface area contributed by atoms with Crippen LogP contribution in [0.5, 0.6) is 0 Å². The van der Waals surface area contributed by atoms with Gasteiger partial charge in [-0.25, -0.2) is 0 Å². The monoisotopic (exact) mass is 394 g/mol. The van der Waals surface area contributed by atoms with Crippen molar-refractivity contribution < 1.29 is 9.59 Å². The van der Waals surface area contributed by atoms with E-state index in [1.807, 2.05) is 40.1 Å². The fraction of sp³-hybridized carbons (Fsp3) is 0.522. The number of hydrogen-bond donors (Lipinski definition) is 1. The molecule has 0 unspecified atom stereocenters. The van der Waals surface area contributed by atoms with Gasteiger partial charge in [0.15, 0.2) is 0 Å². The molecule has 2 fully saturated rings. The fourth-order valence-electron chi connectivity index (χ4n) is 4.56. The van der Waals surface area contributed by atoms with Gasteiger partial charge in [0.2, 0.25) is 5.91 Å². The molecule has 1 aliphatic heterocycles. The third-order valence-corrected chi connectivity index (χ3v) is 6.34. The average Bonchev–Trinajstić information content (AvgIpc) is 3.28. The van der Waals surface area contributed by atoms with Crippen LogP contribution in [-0.2, 0) is 4.79 Å². The lowest BCUT2D eigenvalue weighted by Crippen LogP contribution is -2.50. The zero-order valence-corrected chi connectivity index (χ0v) is 17.0. The van der Waals surface area contributed by atoms with Gasteiger partial charge in [-0.15, -0.1) is 0 Å². The number of nitrogens with one attached hydrogen (secondary N) is 1. The van der Waals surface area contributed by atoms with E-state index in [4.69, 9.17) is 0 Å². The molecule has 1 aliphatic carbocycles. The van der Waals surface area contributed by atoms with Crippen molar-refractivity contribution in [3.8, 4) is 11.3 Å². The van der Waals surface area contributed by atoms with Crippen molar-refractivity contribution in [2.75, 3.05) is 26.2 Å². The summed E-state index contributed by atoms with van der Waals surface area (Å²) < 4.78 is 0. The number of carbonyl (C=O) groups is 2. The molecule has 1 aromatic carbocycles. The van der Waals surface area contributed by atoms with Crippen LogP contribution in [0.15, 0.2) is 36.5 Å². The summed E-state index contributed by atoms with van der Waals surface area (Å²) in [6, 6.07) is 9.77. The molecule has 2 aromatic rings. The molecule has 1 aromatic heterocycles. The fourth-order valence-corrected chi connectivity index (χ4v) is 4.56. The number of amides is 2. The van der Waals surface area contributed by atoms with Gasteiger partial charge < -0.3 is 9.80 Å². The minimum Gasteiger partial charge on any atom is -0.339 e. The summed E-state index contributed by atoms with van der Waals surface area (Å²) in [7, 11) is 0. The third-order valence-electron chi connectivity index (χ3n) is 6.34. The Kier molecular flexibility index (Phi) is 6.27. The highest BCUT2D eigenvalue weighted by Gasteiger charge is 2.27. The topological polar surface area (TPSA) is 69.3 Å². The highest BCUT2D eigenvalue weighted by Crippen LogP contribution is 2.28. The lowest BCUT2D eigenvalue weighted by atomic mass is 9.86. The Hall–Kier alpha value is -2.63. The van der Waals surface area contributed by atoms with Crippen LogP contribution in [0.25, 0.3) is 11.3 Å². The van der Waals surface area contributed by atoms with Crippen LogP contribution in [0.2, 0.25) is 0 Å². The summed E-state index contributed by atoms with van der Waals surface area (Å²) in [5, 5.41) is 7.04. The molecule has 2 aliphatic rings. The van der Waals surface area contributed by atoms with E-state index < -0.39 is 0 Å². The summed E-state index contributed by atoms with van der Waals surface area (Å²) in [6.45, 7) is 2.39. The predicted molar refractivity (Wildman–Crippen MR) is 112 cm³/mol. The number of hydrogen-bond acceptors (Lipinski definition) is 3. The van der Waals surface area contributed by atoms with Gasteiger partial charge in [-0.05, 0) is 12.3 Å². The Labute approximate surface area is 172 Å². The Balaban J connectivity index is 1.30. The molecular formula is C23H30N4O2. The van der Waals surface area contributed by atoms with Crippen LogP contribution >= 0.6 is 0 Å². The van der Waals surface area contributed by atoms with Crippen LogP contribution in [0, 0.1) is 5.92 Å². The summed E-state index contributed by atoms with van der Waals surface area (Å²) in [5.74, 6) is 0.955. The largest absolute Gasteiger partial charge is 0.339 e. The number of H-pyrrole nitrogens is 1. The molecule has 0 bridgehead atoms. The van der Waals surface area contributed by atoms with E-state index in [0.717, 1.165) is 23.6 Å². The Morgan fingerprint density at radius 1 is 0.966 bits per heavy atom. The van der Waals surface area contributed by atoms with Crippen LogP contribution in [-0.4, -0.2) is 58.0 Å². The molecule has 1 N–H and O–H groups in total. The normalized spacial score (nSPS) is 18.1. The van der Waals surface area contributed by atoms with Crippen LogP contribution in [0.4, 0.5) is 0 Å². The van der Waals surface area contributed by atoms with Crippen molar-refractivity contribution in [3.05, 3.63) is 42.1 Å². The van der Waals surface area contributed by atoms with E-state index >= 15 is 0 Å². The summed E-state index contributed by atoms with van der Waals surface area (Å²) in [5.41, 5.74) is 2.29. The molecule has 2 amide bonds. The lowest BCUT2D eigenvalue weighted by Gasteiger charge is -2.35. The Bertz CT molecular complexity index is 818. The van der Waals surface area contributed by atoms with Gasteiger partial charge in [0, 0.05) is 38.2 Å². The molecule has 1 saturated carbocycles. The minimum atomic E-state index is -0.0214. The third kappa shape index (κ3) is 4.69. The molecule has 154 valence electrons. The molecule has 2 heterocycles. The van der Waals surface area contributed by atoms with Crippen LogP contribution in [0.1, 0.15) is 55.3 Å². The predicted octanol–water partition coefficient (Wildman–Crippen LogP) is 3.72. The van der Waals surface area contributed by atoms with E-state index in [9.17, 15) is 9.59 Å². The second-order valence-corrected chi connectivity index (χ2v) is 8.24. The quantitative estimate of drug-likeness (QED) is 0.840. The highest BCUT2D eigenvalue weighted by atomic mass is 16.2. The number of rotatable bonds is 5. The number of aromatic nitrogens is 2. The molecule has 6 heteroatoms. The summed E-state index contributed by atoms with van der Waals surface area (Å²) in [4.78, 5) is 29.4. The number of aromatic amines is 1. The van der Waals surface area contributed by atoms with Gasteiger partial charge in [-0.2, -0.15) is 5.10 Å². The van der Waals surface area contributed by atoms with Crippen LogP contribution < -0.4 is 0 Å². The van der Waals surface area contributed by atoms with E-state index in [1.165, 1.54) is 32.1 Å². The van der Waals surface area contributed by atoms with Gasteiger partial charge in [-0.1, -0.05) is 62.4 Å². The maximum Gasteiger partial charge on any atom is 0.257 e. The maximum atomic E-state index is 13.0. The minimum absolute atomic E-state index is 0.0214. The highest BCUT2D eigenvalue weighted by molar-refractivity contribution is 5.99. The average molecular weight is 395 g/mol. The summed E-state index contributed by atoms with van der Waals surface area (Å²) in [6.07, 6.45) is 9.83. The van der Waals surface area contributed by atoms with E-state index in [-0.39, 0.29) is 11.8 Å². The number of carbonyl (C=O) groups excluding carboxylic acids is 2. The van der Waals surface area contributed by atoms with Gasteiger partial charge in [0.1, 0.15) is 0 Å². The molecule has 0 atom stereocenters. The van der Waals surface area contributed by atoms with E-state index in [1.54, 1.807) is 6.20 Å². The molecule has 0 radical (unpaired) electrons. The molecule has 0 spiro atoms. The lowest BCUT2D eigenvalue weighted by molar-refractivity contribution is -0.133. The van der Waals surface area contributed by atoms with Crippen LogP contribution in [0.3, 0.4) is 0 Å². The SMILES string of the molecule is O=C(CCC1CCCCC1)N1CCN(C(=O)c2cn[nH]c2-c2ccccc2)CC1. The van der Waals surface area contributed by atoms with Crippen molar-refractivity contribution in [1.29, 1.82) is 0 Å². The number of nitrogens with zero attached hydrogens (tertiary/aromatic N) is 3. The van der Waals surface area contributed by atoms with Crippen molar-refractivity contribution in [1.82, 2.24) is 20.0 Å². The maximum absolute atomic E-state index is 13.0. The first kappa shape index (κ1) is 19.7. The first-order valence-corrected chi connectivity index (χ1v) is 10.9. The second kappa shape index (κ2) is 9.25. The molecular weight excluding hydrogens is 364 g/mol. The zero-order valence-electron chi connectivity index (χ0n) is 17.0. The standard InChI is InChI=1S/C23H30N4O2/c28-21(12-11-18-7-3-1-4-8-18)26-13-15-27(16-14-26)23(29)20-17-24-25-22(20)19-9-5-2-6-10-19/h2,5-6,9-10,17-18H,1,3-4,7-8,11-16H2,(H,24,25). The van der Waals surface area contributed by atoms with Gasteiger partial charge in [-0.3, -0.25) is 14.7 Å². The van der Waals surface area contributed by atoms with Gasteiger partial charge in [0.25, 0.3) is 5.91 Å². The van der Waals surface area contributed by atoms with E-state index in [2.05, 4.69) is 10.2 Å². The van der Waals surface area contributed by atoms with Crippen molar-refractivity contribution in [2.24, 2.45) is 5.92 Å². The summed E-state index contributed by atoms with van der Waals surface area (Å²) >= 11 is 0. The number of piperazine rings is 1. The first-order chi connectivity index (χ1) is 14.2. The Morgan fingerprint density at radius 3 is 2.38 bits per heavy atom. The number of benzene rings is 1. The first-order valence-electron chi connectivity index (χ1n) is 10.9. The van der Waals surface area contributed by atoms with Gasteiger partial charge in [0.05, 0.1) is 17.5 Å².